The number of aromatic nitrogens is 4. The minimum atomic E-state index is -4.38. The van der Waals surface area contributed by atoms with E-state index in [1.54, 1.807) is 35.0 Å². The smallest absolute Gasteiger partial charge is 0.297 e. The van der Waals surface area contributed by atoms with Crippen LogP contribution in [0.1, 0.15) is 40.8 Å². The van der Waals surface area contributed by atoms with Gasteiger partial charge in [-0.05, 0) is 49.2 Å². The van der Waals surface area contributed by atoms with Gasteiger partial charge < -0.3 is 0 Å². The first kappa shape index (κ1) is 21.1. The van der Waals surface area contributed by atoms with E-state index in [0.717, 1.165) is 12.1 Å². The summed E-state index contributed by atoms with van der Waals surface area (Å²) >= 11 is 6.02. The lowest BCUT2D eigenvalue weighted by Gasteiger charge is -2.07. The first-order valence-electron chi connectivity index (χ1n) is 9.68. The van der Waals surface area contributed by atoms with Gasteiger partial charge in [-0.2, -0.15) is 18.3 Å². The number of ketones is 1. The van der Waals surface area contributed by atoms with Gasteiger partial charge in [0.05, 0.1) is 22.6 Å². The van der Waals surface area contributed by atoms with Crippen molar-refractivity contribution in [2.75, 3.05) is 0 Å². The van der Waals surface area contributed by atoms with E-state index in [-0.39, 0.29) is 12.2 Å². The van der Waals surface area contributed by atoms with Gasteiger partial charge in [-0.25, -0.2) is 9.67 Å². The van der Waals surface area contributed by atoms with Crippen molar-refractivity contribution in [3.05, 3.63) is 82.5 Å². The van der Waals surface area contributed by atoms with Crippen LogP contribution in [0.3, 0.4) is 0 Å². The Bertz CT molecular complexity index is 1240. The van der Waals surface area contributed by atoms with E-state index < -0.39 is 11.7 Å². The standard InChI is InChI=1S/C22H18ClF3N4O/c1-2-18-21(29-11-9-15(23)13-20(29)27-18)19(31)8-5-16-10-12-30(28-16)17-6-3-14(4-7-17)22(24,25)26/h3-4,6-7,9-13H,2,5,8H2,1H3. The zero-order valence-corrected chi connectivity index (χ0v) is 17.3. The van der Waals surface area contributed by atoms with Crippen molar-refractivity contribution in [2.24, 2.45) is 0 Å². The second-order valence-electron chi connectivity index (χ2n) is 7.05. The Hall–Kier alpha value is -3.13. The van der Waals surface area contributed by atoms with E-state index in [4.69, 9.17) is 11.6 Å². The normalized spacial score (nSPS) is 11.9. The van der Waals surface area contributed by atoms with Crippen LogP contribution < -0.4 is 0 Å². The SMILES string of the molecule is CCc1nc2cc(Cl)ccn2c1C(=O)CCc1ccn(-c2ccc(C(F)(F)F)cc2)n1. The predicted molar refractivity (Wildman–Crippen MR) is 111 cm³/mol. The molecule has 0 aliphatic rings. The van der Waals surface area contributed by atoms with Crippen LogP contribution in [-0.2, 0) is 19.0 Å². The largest absolute Gasteiger partial charge is 0.416 e. The van der Waals surface area contributed by atoms with Gasteiger partial charge in [0.2, 0.25) is 0 Å². The van der Waals surface area contributed by atoms with Crippen LogP contribution in [0.2, 0.25) is 5.02 Å². The van der Waals surface area contributed by atoms with Crippen LogP contribution in [-0.4, -0.2) is 24.9 Å². The Kier molecular flexibility index (Phi) is 5.58. The molecule has 3 aromatic heterocycles. The first-order valence-corrected chi connectivity index (χ1v) is 10.1. The Balaban J connectivity index is 1.49. The molecule has 3 heterocycles. The summed E-state index contributed by atoms with van der Waals surface area (Å²) in [6.07, 6.45) is 0.258. The summed E-state index contributed by atoms with van der Waals surface area (Å²) < 4.78 is 41.4. The molecule has 0 fully saturated rings. The van der Waals surface area contributed by atoms with Crippen molar-refractivity contribution < 1.29 is 18.0 Å². The number of carbonyl (C=O) groups excluding carboxylic acids is 1. The molecule has 0 bridgehead atoms. The van der Waals surface area contributed by atoms with Gasteiger partial charge in [0, 0.05) is 29.9 Å². The number of halogens is 4. The summed E-state index contributed by atoms with van der Waals surface area (Å²) in [4.78, 5) is 17.4. The summed E-state index contributed by atoms with van der Waals surface area (Å²) in [5.41, 5.74) is 2.34. The quantitative estimate of drug-likeness (QED) is 0.364. The summed E-state index contributed by atoms with van der Waals surface area (Å²) in [6.45, 7) is 1.94. The molecule has 0 aliphatic heterocycles. The number of benzene rings is 1. The van der Waals surface area contributed by atoms with Crippen molar-refractivity contribution in [2.45, 2.75) is 32.4 Å². The average Bonchev–Trinajstić information content (AvgIpc) is 3.35. The van der Waals surface area contributed by atoms with Gasteiger partial charge in [-0.1, -0.05) is 18.5 Å². The first-order chi connectivity index (χ1) is 14.8. The molecule has 0 unspecified atom stereocenters. The minimum Gasteiger partial charge on any atom is -0.297 e. The van der Waals surface area contributed by atoms with Crippen LogP contribution in [0, 0.1) is 0 Å². The van der Waals surface area contributed by atoms with E-state index in [0.29, 0.717) is 46.3 Å². The van der Waals surface area contributed by atoms with Gasteiger partial charge in [-0.3, -0.25) is 9.20 Å². The highest BCUT2D eigenvalue weighted by Gasteiger charge is 2.30. The lowest BCUT2D eigenvalue weighted by molar-refractivity contribution is -0.137. The number of imidazole rings is 1. The summed E-state index contributed by atoms with van der Waals surface area (Å²) in [6, 6.07) is 9.93. The highest BCUT2D eigenvalue weighted by Crippen LogP contribution is 2.29. The number of Topliss-reactive ketones (excluding diaryl/α,β-unsaturated/α-hetero) is 1. The van der Waals surface area contributed by atoms with Crippen LogP contribution >= 0.6 is 11.6 Å². The number of aryl methyl sites for hydroxylation is 2. The minimum absolute atomic E-state index is 0.0595. The third kappa shape index (κ3) is 4.34. The van der Waals surface area contributed by atoms with E-state index in [1.807, 2.05) is 6.92 Å². The molecule has 9 heteroatoms. The van der Waals surface area contributed by atoms with Gasteiger partial charge >= 0.3 is 6.18 Å². The fraction of sp³-hybridized carbons (Fsp3) is 0.227. The highest BCUT2D eigenvalue weighted by atomic mass is 35.5. The van der Waals surface area contributed by atoms with Crippen LogP contribution in [0.4, 0.5) is 13.2 Å². The zero-order valence-electron chi connectivity index (χ0n) is 16.5. The second kappa shape index (κ2) is 8.19. The Morgan fingerprint density at radius 2 is 1.84 bits per heavy atom. The van der Waals surface area contributed by atoms with Crippen molar-refractivity contribution in [3.8, 4) is 5.69 Å². The number of rotatable bonds is 6. The third-order valence-corrected chi connectivity index (χ3v) is 5.21. The molecule has 0 saturated heterocycles. The van der Waals surface area contributed by atoms with Gasteiger partial charge in [0.25, 0.3) is 0 Å². The molecule has 0 N–H and O–H groups in total. The molecule has 31 heavy (non-hydrogen) atoms. The molecule has 5 nitrogen and oxygen atoms in total. The molecular formula is C22H18ClF3N4O. The summed E-state index contributed by atoms with van der Waals surface area (Å²) in [7, 11) is 0. The number of nitrogens with zero attached hydrogens (tertiary/aromatic N) is 4. The predicted octanol–water partition coefficient (Wildman–Crippen LogP) is 5.57. The molecule has 0 amide bonds. The van der Waals surface area contributed by atoms with Crippen molar-refractivity contribution >= 4 is 23.0 Å². The molecule has 4 rings (SSSR count). The summed E-state index contributed by atoms with van der Waals surface area (Å²) in [5, 5.41) is 4.93. The fourth-order valence-corrected chi connectivity index (χ4v) is 3.57. The number of hydrogen-bond donors (Lipinski definition) is 0. The average molecular weight is 447 g/mol. The Labute approximate surface area is 181 Å². The van der Waals surface area contributed by atoms with Gasteiger partial charge in [-0.15, -0.1) is 0 Å². The molecule has 0 spiro atoms. The summed E-state index contributed by atoms with van der Waals surface area (Å²) in [5.74, 6) is -0.0595. The van der Waals surface area contributed by atoms with Crippen molar-refractivity contribution in [1.82, 2.24) is 19.2 Å². The van der Waals surface area contributed by atoms with Crippen LogP contribution in [0.25, 0.3) is 11.3 Å². The molecule has 0 atom stereocenters. The number of carbonyl (C=O) groups is 1. The lowest BCUT2D eigenvalue weighted by Crippen LogP contribution is -2.08. The van der Waals surface area contributed by atoms with Crippen molar-refractivity contribution in [3.63, 3.8) is 0 Å². The monoisotopic (exact) mass is 446 g/mol. The van der Waals surface area contributed by atoms with E-state index in [2.05, 4.69) is 10.1 Å². The van der Waals surface area contributed by atoms with E-state index in [1.165, 1.54) is 16.8 Å². The third-order valence-electron chi connectivity index (χ3n) is 4.97. The van der Waals surface area contributed by atoms with Gasteiger partial charge in [0.15, 0.2) is 5.78 Å². The van der Waals surface area contributed by atoms with E-state index in [9.17, 15) is 18.0 Å². The highest BCUT2D eigenvalue weighted by molar-refractivity contribution is 6.30. The molecular weight excluding hydrogens is 429 g/mol. The lowest BCUT2D eigenvalue weighted by atomic mass is 10.1. The number of hydrogen-bond acceptors (Lipinski definition) is 3. The van der Waals surface area contributed by atoms with Crippen molar-refractivity contribution in [1.29, 1.82) is 0 Å². The fourth-order valence-electron chi connectivity index (χ4n) is 3.41. The van der Waals surface area contributed by atoms with E-state index >= 15 is 0 Å². The molecule has 0 saturated carbocycles. The second-order valence-corrected chi connectivity index (χ2v) is 7.49. The molecule has 0 aliphatic carbocycles. The maximum Gasteiger partial charge on any atom is 0.416 e. The topological polar surface area (TPSA) is 52.2 Å². The van der Waals surface area contributed by atoms with Crippen LogP contribution in [0.15, 0.2) is 54.9 Å². The molecule has 160 valence electrons. The number of fused-ring (bicyclic) bond motifs is 1. The zero-order chi connectivity index (χ0) is 22.2. The molecule has 0 radical (unpaired) electrons. The Morgan fingerprint density at radius 1 is 1.10 bits per heavy atom. The maximum absolute atomic E-state index is 12.9. The van der Waals surface area contributed by atoms with Gasteiger partial charge in [0.1, 0.15) is 11.3 Å². The molecule has 4 aromatic rings. The number of alkyl halides is 3. The van der Waals surface area contributed by atoms with Crippen LogP contribution in [0.5, 0.6) is 0 Å². The Morgan fingerprint density at radius 3 is 2.52 bits per heavy atom. The molecule has 1 aromatic carbocycles. The maximum atomic E-state index is 12.9. The number of pyridine rings is 1.